The molecular formula is C36H63O10P. The van der Waals surface area contributed by atoms with Crippen molar-refractivity contribution in [2.75, 3.05) is 13.2 Å². The summed E-state index contributed by atoms with van der Waals surface area (Å²) in [5.74, 6) is -0.426. The third-order valence-corrected chi connectivity index (χ3v) is 8.09. The Bertz CT molecular complexity index is 955. The van der Waals surface area contributed by atoms with Gasteiger partial charge in [-0.15, -0.1) is 0 Å². The Kier molecular flexibility index (Phi) is 28.7. The Labute approximate surface area is 283 Å². The van der Waals surface area contributed by atoms with Crippen molar-refractivity contribution in [1.29, 1.82) is 0 Å². The van der Waals surface area contributed by atoms with Crippen molar-refractivity contribution in [3.8, 4) is 0 Å². The van der Waals surface area contributed by atoms with Crippen LogP contribution < -0.4 is 0 Å². The molecule has 0 bridgehead atoms. The second kappa shape index (κ2) is 30.0. The molecule has 0 radical (unpaired) electrons. The minimum Gasteiger partial charge on any atom is -0.462 e. The zero-order chi connectivity index (χ0) is 35.2. The summed E-state index contributed by atoms with van der Waals surface area (Å²) < 4.78 is 26.0. The van der Waals surface area contributed by atoms with Gasteiger partial charge >= 0.3 is 19.8 Å². The molecule has 4 N–H and O–H groups in total. The fourth-order valence-electron chi connectivity index (χ4n) is 4.49. The smallest absolute Gasteiger partial charge is 0.462 e. The molecule has 0 aromatic carbocycles. The predicted molar refractivity (Wildman–Crippen MR) is 186 cm³/mol. The third kappa shape index (κ3) is 31.0. The van der Waals surface area contributed by atoms with Gasteiger partial charge in [0.1, 0.15) is 6.61 Å². The molecule has 0 aliphatic carbocycles. The van der Waals surface area contributed by atoms with E-state index >= 15 is 0 Å². The van der Waals surface area contributed by atoms with E-state index in [9.17, 15) is 24.4 Å². The van der Waals surface area contributed by atoms with Gasteiger partial charge in [-0.3, -0.25) is 14.1 Å². The maximum Gasteiger partial charge on any atom is 0.469 e. The van der Waals surface area contributed by atoms with Crippen LogP contribution >= 0.6 is 7.82 Å². The quantitative estimate of drug-likeness (QED) is 0.0254. The molecule has 47 heavy (non-hydrogen) atoms. The Morgan fingerprint density at radius 1 is 0.681 bits per heavy atom. The first-order chi connectivity index (χ1) is 22.5. The van der Waals surface area contributed by atoms with E-state index in [1.54, 1.807) is 0 Å². The number of esters is 2. The molecule has 0 heterocycles. The number of carbonyl (C=O) groups is 2. The highest BCUT2D eigenvalue weighted by atomic mass is 31.2. The molecule has 0 aliphatic rings. The molecule has 0 saturated heterocycles. The van der Waals surface area contributed by atoms with E-state index in [-0.39, 0.29) is 32.1 Å². The molecule has 0 aromatic heterocycles. The highest BCUT2D eigenvalue weighted by Crippen LogP contribution is 2.36. The van der Waals surface area contributed by atoms with E-state index in [0.717, 1.165) is 50.9 Å². The summed E-state index contributed by atoms with van der Waals surface area (Å²) in [7, 11) is -4.82. The summed E-state index contributed by atoms with van der Waals surface area (Å²) in [4.78, 5) is 42.6. The topological polar surface area (TPSA) is 160 Å². The van der Waals surface area contributed by atoms with E-state index < -0.39 is 51.3 Å². The van der Waals surface area contributed by atoms with Crippen LogP contribution in [0.2, 0.25) is 0 Å². The lowest BCUT2D eigenvalue weighted by Crippen LogP contribution is -2.29. The van der Waals surface area contributed by atoms with Crippen molar-refractivity contribution in [2.45, 2.75) is 148 Å². The second-order valence-electron chi connectivity index (χ2n) is 12.0. The zero-order valence-corrected chi connectivity index (χ0v) is 29.9. The average Bonchev–Trinajstić information content (AvgIpc) is 3.03. The molecule has 0 aromatic rings. The summed E-state index contributed by atoms with van der Waals surface area (Å²) in [6.45, 7) is 5.53. The van der Waals surface area contributed by atoms with Gasteiger partial charge in [0.15, 0.2) is 6.10 Å². The highest BCUT2D eigenvalue weighted by molar-refractivity contribution is 7.46. The number of carbonyl (C=O) groups excluding carboxylic acids is 2. The van der Waals surface area contributed by atoms with Gasteiger partial charge in [-0.1, -0.05) is 114 Å². The Morgan fingerprint density at radius 3 is 1.83 bits per heavy atom. The lowest BCUT2D eigenvalue weighted by Gasteiger charge is -2.19. The van der Waals surface area contributed by atoms with Crippen LogP contribution in [0.4, 0.5) is 0 Å². The fourth-order valence-corrected chi connectivity index (χ4v) is 4.85. The van der Waals surface area contributed by atoms with Crippen molar-refractivity contribution >= 4 is 19.8 Å². The van der Waals surface area contributed by atoms with E-state index in [4.69, 9.17) is 19.3 Å². The van der Waals surface area contributed by atoms with Crippen LogP contribution in [0, 0.1) is 5.92 Å². The van der Waals surface area contributed by atoms with Gasteiger partial charge < -0.3 is 29.5 Å². The summed E-state index contributed by atoms with van der Waals surface area (Å²) in [6.07, 6.45) is 26.1. The van der Waals surface area contributed by atoms with E-state index in [1.807, 2.05) is 18.2 Å². The Hall–Kier alpha value is -2.07. The minimum atomic E-state index is -4.82. The number of allylic oxidation sites excluding steroid dienone is 7. The van der Waals surface area contributed by atoms with E-state index in [2.05, 4.69) is 55.7 Å². The average molecular weight is 687 g/mol. The van der Waals surface area contributed by atoms with Gasteiger partial charge in [0.05, 0.1) is 18.8 Å². The number of ether oxygens (including phenoxy) is 2. The van der Waals surface area contributed by atoms with Crippen LogP contribution in [0.25, 0.3) is 0 Å². The van der Waals surface area contributed by atoms with Crippen LogP contribution in [-0.4, -0.2) is 63.5 Å². The summed E-state index contributed by atoms with van der Waals surface area (Å²) in [5, 5.41) is 20.4. The maximum absolute atomic E-state index is 12.3. The standard InChI is InChI=1S/C36H63O10P/c1-4-6-7-8-9-10-11-12-13-14-18-21-25-33(37)34(38)26-23-28-35(39)44-29-32(30-45-47(41,42)43)46-36(40)27-22-19-16-15-17-20-24-31(3)5-2/h6-7,9-10,12-13,18,21,31-34,37-38H,4-5,8,11,14-17,19-20,22-30H2,1-3H3,(H2,41,42,43)/b7-6-,10-9-,13-12-,21-18-/t31?,32-,33+,34+/m1/s1. The SMILES string of the molecule is CC/C=C\C/C=C\C/C=C\C/C=C\C[C@H](O)[C@@H](O)CCCC(=O)OC[C@H](COP(=O)(O)O)OC(=O)CCCCCCCCC(C)CC. The van der Waals surface area contributed by atoms with Gasteiger partial charge in [-0.05, 0) is 57.3 Å². The molecule has 10 nitrogen and oxygen atoms in total. The number of hydrogen-bond donors (Lipinski definition) is 4. The summed E-state index contributed by atoms with van der Waals surface area (Å²) >= 11 is 0. The van der Waals surface area contributed by atoms with Crippen LogP contribution in [0.15, 0.2) is 48.6 Å². The van der Waals surface area contributed by atoms with Crippen molar-refractivity contribution in [2.24, 2.45) is 5.92 Å². The van der Waals surface area contributed by atoms with Gasteiger partial charge in [0.25, 0.3) is 0 Å². The van der Waals surface area contributed by atoms with Crippen LogP contribution in [0.1, 0.15) is 130 Å². The molecule has 0 aliphatic heterocycles. The minimum absolute atomic E-state index is 0.0505. The number of unbranched alkanes of at least 4 members (excludes halogenated alkanes) is 5. The van der Waals surface area contributed by atoms with Crippen LogP contribution in [-0.2, 0) is 28.2 Å². The molecular weight excluding hydrogens is 623 g/mol. The first-order valence-corrected chi connectivity index (χ1v) is 19.0. The molecule has 0 spiro atoms. The molecule has 0 amide bonds. The van der Waals surface area contributed by atoms with Gasteiger partial charge in [0.2, 0.25) is 0 Å². The number of aliphatic hydroxyl groups excluding tert-OH is 2. The zero-order valence-electron chi connectivity index (χ0n) is 29.0. The molecule has 0 saturated carbocycles. The monoisotopic (exact) mass is 686 g/mol. The summed E-state index contributed by atoms with van der Waals surface area (Å²) in [6, 6.07) is 0. The van der Waals surface area contributed by atoms with Crippen molar-refractivity contribution in [3.63, 3.8) is 0 Å². The maximum atomic E-state index is 12.3. The number of rotatable bonds is 30. The first kappa shape index (κ1) is 44.9. The van der Waals surface area contributed by atoms with E-state index in [0.29, 0.717) is 6.42 Å². The highest BCUT2D eigenvalue weighted by Gasteiger charge is 2.23. The second-order valence-corrected chi connectivity index (χ2v) is 13.3. The normalized spacial score (nSPS) is 15.1. The van der Waals surface area contributed by atoms with Gasteiger partial charge in [-0.2, -0.15) is 0 Å². The molecule has 11 heteroatoms. The lowest BCUT2D eigenvalue weighted by molar-refractivity contribution is -0.161. The van der Waals surface area contributed by atoms with Crippen molar-refractivity contribution in [1.82, 2.24) is 0 Å². The predicted octanol–water partition coefficient (Wildman–Crippen LogP) is 7.80. The Morgan fingerprint density at radius 2 is 1.23 bits per heavy atom. The molecule has 0 fully saturated rings. The van der Waals surface area contributed by atoms with Gasteiger partial charge in [0, 0.05) is 12.8 Å². The Balaban J connectivity index is 4.30. The number of aliphatic hydroxyl groups is 2. The van der Waals surface area contributed by atoms with Crippen LogP contribution in [0.3, 0.4) is 0 Å². The van der Waals surface area contributed by atoms with Crippen molar-refractivity contribution in [3.05, 3.63) is 48.6 Å². The van der Waals surface area contributed by atoms with Crippen LogP contribution in [0.5, 0.6) is 0 Å². The lowest BCUT2D eigenvalue weighted by atomic mass is 10.00. The largest absolute Gasteiger partial charge is 0.469 e. The third-order valence-electron chi connectivity index (χ3n) is 7.60. The number of phosphoric ester groups is 1. The summed E-state index contributed by atoms with van der Waals surface area (Å²) in [5.41, 5.74) is 0. The number of phosphoric acid groups is 1. The van der Waals surface area contributed by atoms with Crippen molar-refractivity contribution < 1.29 is 48.2 Å². The number of hydrogen-bond acceptors (Lipinski definition) is 8. The molecule has 272 valence electrons. The first-order valence-electron chi connectivity index (χ1n) is 17.5. The fraction of sp³-hybridized carbons (Fsp3) is 0.722. The van der Waals surface area contributed by atoms with Gasteiger partial charge in [-0.25, -0.2) is 4.57 Å². The molecule has 1 unspecified atom stereocenters. The molecule has 4 atom stereocenters. The van der Waals surface area contributed by atoms with E-state index in [1.165, 1.54) is 25.7 Å². The molecule has 0 rings (SSSR count).